The Bertz CT molecular complexity index is 772. The molecule has 0 radical (unpaired) electrons. The molecule has 1 aliphatic rings. The standard InChI is InChI=1S/C21H23NO/c23-15-18-9-5-6-12-22(18)14-21-19-10-3-1-7-16(19)13-17-8-2-4-11-20(17)21/h1-4,7-8,10-11,13,18,23H,5-6,9,12,14-15H2/t18-/m1/s1. The number of aliphatic hydroxyl groups is 1. The van der Waals surface area contributed by atoms with Crippen LogP contribution < -0.4 is 0 Å². The topological polar surface area (TPSA) is 23.5 Å². The maximum Gasteiger partial charge on any atom is 0.0586 e. The predicted octanol–water partition coefficient (Wildman–Crippen LogP) is 4.34. The molecular formula is C21H23NO. The third-order valence-electron chi connectivity index (χ3n) is 5.20. The average Bonchev–Trinajstić information content (AvgIpc) is 2.62. The van der Waals surface area contributed by atoms with Crippen LogP contribution in [0.4, 0.5) is 0 Å². The summed E-state index contributed by atoms with van der Waals surface area (Å²) in [6.07, 6.45) is 3.58. The van der Waals surface area contributed by atoms with Gasteiger partial charge >= 0.3 is 0 Å². The van der Waals surface area contributed by atoms with Gasteiger partial charge in [0, 0.05) is 12.6 Å². The minimum Gasteiger partial charge on any atom is -0.395 e. The van der Waals surface area contributed by atoms with E-state index in [1.807, 2.05) is 0 Å². The van der Waals surface area contributed by atoms with Gasteiger partial charge in [0.15, 0.2) is 0 Å². The van der Waals surface area contributed by atoms with Crippen molar-refractivity contribution in [1.82, 2.24) is 4.90 Å². The highest BCUT2D eigenvalue weighted by molar-refractivity contribution is 6.02. The second-order valence-corrected chi connectivity index (χ2v) is 6.60. The zero-order valence-corrected chi connectivity index (χ0v) is 13.4. The highest BCUT2D eigenvalue weighted by atomic mass is 16.3. The van der Waals surface area contributed by atoms with Gasteiger partial charge in [-0.05, 0) is 52.6 Å². The monoisotopic (exact) mass is 305 g/mol. The first-order valence-corrected chi connectivity index (χ1v) is 8.61. The molecule has 1 saturated heterocycles. The van der Waals surface area contributed by atoms with Gasteiger partial charge in [0.2, 0.25) is 0 Å². The molecule has 1 heterocycles. The van der Waals surface area contributed by atoms with Crippen LogP contribution in [-0.4, -0.2) is 29.2 Å². The number of aliphatic hydroxyl groups excluding tert-OH is 1. The summed E-state index contributed by atoms with van der Waals surface area (Å²) < 4.78 is 0. The summed E-state index contributed by atoms with van der Waals surface area (Å²) in [5, 5.41) is 15.0. The number of likely N-dealkylation sites (tertiary alicyclic amines) is 1. The van der Waals surface area contributed by atoms with Gasteiger partial charge in [-0.3, -0.25) is 4.90 Å². The molecule has 3 aromatic carbocycles. The Hall–Kier alpha value is -1.90. The zero-order chi connectivity index (χ0) is 15.6. The fourth-order valence-electron chi connectivity index (χ4n) is 3.96. The largest absolute Gasteiger partial charge is 0.395 e. The number of rotatable bonds is 3. The van der Waals surface area contributed by atoms with Gasteiger partial charge in [-0.15, -0.1) is 0 Å². The van der Waals surface area contributed by atoms with Crippen LogP contribution in [-0.2, 0) is 6.54 Å². The Morgan fingerprint density at radius 1 is 0.913 bits per heavy atom. The fraction of sp³-hybridized carbons (Fsp3) is 0.333. The molecule has 1 atom stereocenters. The van der Waals surface area contributed by atoms with E-state index < -0.39 is 0 Å². The third-order valence-corrected chi connectivity index (χ3v) is 5.20. The molecular weight excluding hydrogens is 282 g/mol. The lowest BCUT2D eigenvalue weighted by molar-refractivity contribution is 0.0848. The van der Waals surface area contributed by atoms with Crippen molar-refractivity contribution >= 4 is 21.5 Å². The predicted molar refractivity (Wildman–Crippen MR) is 96.6 cm³/mol. The summed E-state index contributed by atoms with van der Waals surface area (Å²) in [5.74, 6) is 0. The molecule has 0 aliphatic carbocycles. The highest BCUT2D eigenvalue weighted by Gasteiger charge is 2.22. The van der Waals surface area contributed by atoms with Gasteiger partial charge in [-0.2, -0.15) is 0 Å². The van der Waals surface area contributed by atoms with Gasteiger partial charge in [0.25, 0.3) is 0 Å². The molecule has 0 spiro atoms. The molecule has 1 N–H and O–H groups in total. The molecule has 0 saturated carbocycles. The van der Waals surface area contributed by atoms with Crippen LogP contribution in [0.1, 0.15) is 24.8 Å². The summed E-state index contributed by atoms with van der Waals surface area (Å²) in [4.78, 5) is 2.47. The Kier molecular flexibility index (Phi) is 4.02. The van der Waals surface area contributed by atoms with Crippen LogP contribution in [0.5, 0.6) is 0 Å². The molecule has 0 bridgehead atoms. The van der Waals surface area contributed by atoms with E-state index >= 15 is 0 Å². The maximum atomic E-state index is 9.72. The van der Waals surface area contributed by atoms with Crippen LogP contribution in [0.15, 0.2) is 54.6 Å². The normalized spacial score (nSPS) is 19.4. The maximum absolute atomic E-state index is 9.72. The van der Waals surface area contributed by atoms with Crippen molar-refractivity contribution in [2.75, 3.05) is 13.2 Å². The number of fused-ring (bicyclic) bond motifs is 2. The third kappa shape index (κ3) is 2.73. The average molecular weight is 305 g/mol. The molecule has 1 aliphatic heterocycles. The Morgan fingerprint density at radius 2 is 1.57 bits per heavy atom. The summed E-state index contributed by atoms with van der Waals surface area (Å²) in [7, 11) is 0. The van der Waals surface area contributed by atoms with Crippen molar-refractivity contribution in [3.8, 4) is 0 Å². The van der Waals surface area contributed by atoms with Gasteiger partial charge < -0.3 is 5.11 Å². The van der Waals surface area contributed by atoms with Gasteiger partial charge in [-0.1, -0.05) is 55.0 Å². The summed E-state index contributed by atoms with van der Waals surface area (Å²) >= 11 is 0. The van der Waals surface area contributed by atoms with Gasteiger partial charge in [0.1, 0.15) is 0 Å². The number of benzene rings is 3. The van der Waals surface area contributed by atoms with E-state index in [1.165, 1.54) is 39.9 Å². The molecule has 0 amide bonds. The lowest BCUT2D eigenvalue weighted by Crippen LogP contribution is -2.41. The number of piperidine rings is 1. The second-order valence-electron chi connectivity index (χ2n) is 6.60. The molecule has 23 heavy (non-hydrogen) atoms. The minimum absolute atomic E-state index is 0.267. The minimum atomic E-state index is 0.267. The Labute approximate surface area is 137 Å². The molecule has 0 unspecified atom stereocenters. The number of nitrogens with zero attached hydrogens (tertiary/aromatic N) is 1. The summed E-state index contributed by atoms with van der Waals surface area (Å²) in [5.41, 5.74) is 1.40. The number of hydrogen-bond acceptors (Lipinski definition) is 2. The number of hydrogen-bond donors (Lipinski definition) is 1. The van der Waals surface area contributed by atoms with Crippen molar-refractivity contribution in [2.45, 2.75) is 31.8 Å². The molecule has 3 aromatic rings. The fourth-order valence-corrected chi connectivity index (χ4v) is 3.96. The Balaban J connectivity index is 1.85. The van der Waals surface area contributed by atoms with Crippen LogP contribution in [0.25, 0.3) is 21.5 Å². The quantitative estimate of drug-likeness (QED) is 0.728. The first-order chi connectivity index (χ1) is 11.4. The van der Waals surface area contributed by atoms with E-state index in [9.17, 15) is 5.11 Å². The molecule has 0 aromatic heterocycles. The first-order valence-electron chi connectivity index (χ1n) is 8.61. The Morgan fingerprint density at radius 3 is 2.22 bits per heavy atom. The highest BCUT2D eigenvalue weighted by Crippen LogP contribution is 2.31. The van der Waals surface area contributed by atoms with Crippen LogP contribution in [0.2, 0.25) is 0 Å². The summed E-state index contributed by atoms with van der Waals surface area (Å²) in [6, 6.07) is 19.9. The van der Waals surface area contributed by atoms with Crippen LogP contribution >= 0.6 is 0 Å². The van der Waals surface area contributed by atoms with E-state index in [0.717, 1.165) is 19.5 Å². The SMILES string of the molecule is OC[C@H]1CCCCN1Cc1c2ccccc2cc2ccccc12. The van der Waals surface area contributed by atoms with Gasteiger partial charge in [0.05, 0.1) is 6.61 Å². The molecule has 4 rings (SSSR count). The zero-order valence-electron chi connectivity index (χ0n) is 13.4. The van der Waals surface area contributed by atoms with E-state index in [1.54, 1.807) is 0 Å². The first kappa shape index (κ1) is 14.7. The van der Waals surface area contributed by atoms with Crippen molar-refractivity contribution in [3.05, 3.63) is 60.2 Å². The van der Waals surface area contributed by atoms with E-state index in [2.05, 4.69) is 59.5 Å². The molecule has 118 valence electrons. The van der Waals surface area contributed by atoms with Crippen molar-refractivity contribution in [3.63, 3.8) is 0 Å². The second kappa shape index (κ2) is 6.31. The van der Waals surface area contributed by atoms with Crippen molar-refractivity contribution in [2.24, 2.45) is 0 Å². The molecule has 1 fully saturated rings. The van der Waals surface area contributed by atoms with E-state index in [-0.39, 0.29) is 6.61 Å². The summed E-state index contributed by atoms with van der Waals surface area (Å²) in [6.45, 7) is 2.28. The van der Waals surface area contributed by atoms with Crippen molar-refractivity contribution in [1.29, 1.82) is 0 Å². The van der Waals surface area contributed by atoms with Crippen LogP contribution in [0, 0.1) is 0 Å². The molecule has 2 nitrogen and oxygen atoms in total. The van der Waals surface area contributed by atoms with E-state index in [4.69, 9.17) is 0 Å². The smallest absolute Gasteiger partial charge is 0.0586 e. The van der Waals surface area contributed by atoms with Gasteiger partial charge in [-0.25, -0.2) is 0 Å². The van der Waals surface area contributed by atoms with Crippen molar-refractivity contribution < 1.29 is 5.11 Å². The molecule has 2 heteroatoms. The van der Waals surface area contributed by atoms with Crippen LogP contribution in [0.3, 0.4) is 0 Å². The lowest BCUT2D eigenvalue weighted by Gasteiger charge is -2.35. The van der Waals surface area contributed by atoms with E-state index in [0.29, 0.717) is 6.04 Å². The lowest BCUT2D eigenvalue weighted by atomic mass is 9.95.